The van der Waals surface area contributed by atoms with E-state index in [0.29, 0.717) is 5.52 Å². The summed E-state index contributed by atoms with van der Waals surface area (Å²) in [6.45, 7) is 0. The van der Waals surface area contributed by atoms with Crippen LogP contribution in [0.2, 0.25) is 0 Å². The fraction of sp³-hybridized carbons (Fsp3) is 0. The van der Waals surface area contributed by atoms with Crippen molar-refractivity contribution >= 4 is 27.2 Å². The van der Waals surface area contributed by atoms with Crippen LogP contribution in [0.5, 0.6) is 0 Å². The Morgan fingerprint density at radius 1 is 0.947 bits per heavy atom. The minimum Gasteiger partial charge on any atom is -0.265 e. The molecule has 19 heavy (non-hydrogen) atoms. The number of aromatic nitrogens is 3. The fourth-order valence-electron chi connectivity index (χ4n) is 2.45. The van der Waals surface area contributed by atoms with E-state index in [1.54, 1.807) is 16.8 Å². The van der Waals surface area contributed by atoms with Crippen molar-refractivity contribution in [2.24, 2.45) is 0 Å². The van der Waals surface area contributed by atoms with Gasteiger partial charge in [0.2, 0.25) is 0 Å². The second-order valence-corrected chi connectivity index (χ2v) is 4.40. The van der Waals surface area contributed by atoms with Crippen LogP contribution >= 0.6 is 0 Å². The first-order valence-corrected chi connectivity index (χ1v) is 6.00. The number of benzene rings is 2. The van der Waals surface area contributed by atoms with E-state index in [1.165, 1.54) is 6.20 Å². The van der Waals surface area contributed by atoms with Gasteiger partial charge in [0.05, 0.1) is 0 Å². The van der Waals surface area contributed by atoms with Gasteiger partial charge in [-0.3, -0.25) is 4.79 Å². The molecule has 0 aliphatic heterocycles. The highest BCUT2D eigenvalue weighted by Gasteiger charge is 2.10. The van der Waals surface area contributed by atoms with E-state index in [-0.39, 0.29) is 5.56 Å². The maximum absolute atomic E-state index is 12.0. The summed E-state index contributed by atoms with van der Waals surface area (Å²) in [4.78, 5) is 15.9. The predicted molar refractivity (Wildman–Crippen MR) is 74.3 cm³/mol. The van der Waals surface area contributed by atoms with Gasteiger partial charge >= 0.3 is 0 Å². The summed E-state index contributed by atoms with van der Waals surface area (Å²) in [6.07, 6.45) is 3.24. The molecule has 0 saturated heterocycles. The number of rotatable bonds is 0. The Labute approximate surface area is 107 Å². The highest BCUT2D eigenvalue weighted by Crippen LogP contribution is 2.25. The van der Waals surface area contributed by atoms with Gasteiger partial charge in [-0.25, -0.2) is 9.50 Å². The van der Waals surface area contributed by atoms with Gasteiger partial charge in [0, 0.05) is 23.2 Å². The Morgan fingerprint density at radius 3 is 2.79 bits per heavy atom. The highest BCUT2D eigenvalue weighted by atomic mass is 16.1. The lowest BCUT2D eigenvalue weighted by molar-refractivity contribution is 0.985. The van der Waals surface area contributed by atoms with E-state index in [1.807, 2.05) is 36.4 Å². The summed E-state index contributed by atoms with van der Waals surface area (Å²) in [7, 11) is 0. The number of nitrogens with zero attached hydrogens (tertiary/aromatic N) is 3. The van der Waals surface area contributed by atoms with Gasteiger partial charge < -0.3 is 0 Å². The van der Waals surface area contributed by atoms with E-state index < -0.39 is 0 Å². The predicted octanol–water partition coefficient (Wildman–Crippen LogP) is 2.40. The van der Waals surface area contributed by atoms with Crippen molar-refractivity contribution < 1.29 is 0 Å². The number of hydrogen-bond acceptors (Lipinski definition) is 3. The van der Waals surface area contributed by atoms with Crippen LogP contribution in [-0.2, 0) is 0 Å². The molecule has 0 aliphatic carbocycles. The molecular formula is C15H9N3O. The molecule has 0 spiro atoms. The smallest absolute Gasteiger partial charge is 0.265 e. The Morgan fingerprint density at radius 2 is 1.84 bits per heavy atom. The zero-order chi connectivity index (χ0) is 12.8. The first-order chi connectivity index (χ1) is 9.34. The SMILES string of the molecule is O=c1ncccn2nc3c4ccccc4ccc3c12. The Balaban J connectivity index is 2.37. The van der Waals surface area contributed by atoms with E-state index in [4.69, 9.17) is 0 Å². The standard InChI is InChI=1S/C15H9N3O/c19-15-14-12-7-6-10-4-1-2-5-11(10)13(12)17-18(14)9-3-8-16-15/h1-9H. The molecule has 0 amide bonds. The molecule has 2 heterocycles. The third kappa shape index (κ3) is 1.37. The lowest BCUT2D eigenvalue weighted by Gasteiger charge is -1.96. The Bertz CT molecular complexity index is 989. The molecule has 90 valence electrons. The molecule has 4 aromatic rings. The summed E-state index contributed by atoms with van der Waals surface area (Å²) in [5.74, 6) is 0. The van der Waals surface area contributed by atoms with E-state index in [0.717, 1.165) is 21.7 Å². The van der Waals surface area contributed by atoms with Gasteiger partial charge in [-0.15, -0.1) is 0 Å². The molecule has 4 rings (SSSR count). The topological polar surface area (TPSA) is 47.3 Å². The van der Waals surface area contributed by atoms with E-state index in [2.05, 4.69) is 10.1 Å². The third-order valence-electron chi connectivity index (χ3n) is 3.30. The van der Waals surface area contributed by atoms with Gasteiger partial charge in [-0.05, 0) is 17.5 Å². The van der Waals surface area contributed by atoms with Crippen molar-refractivity contribution in [3.63, 3.8) is 0 Å². The third-order valence-corrected chi connectivity index (χ3v) is 3.30. The van der Waals surface area contributed by atoms with Crippen LogP contribution in [0.4, 0.5) is 0 Å². The summed E-state index contributed by atoms with van der Waals surface area (Å²) in [5, 5.41) is 7.52. The Kier molecular flexibility index (Phi) is 1.94. The van der Waals surface area contributed by atoms with Crippen molar-refractivity contribution in [3.05, 3.63) is 65.2 Å². The lowest BCUT2D eigenvalue weighted by Crippen LogP contribution is -2.03. The summed E-state index contributed by atoms with van der Waals surface area (Å²) in [5.41, 5.74) is 1.09. The van der Waals surface area contributed by atoms with Crippen LogP contribution in [0.1, 0.15) is 0 Å². The summed E-state index contributed by atoms with van der Waals surface area (Å²) >= 11 is 0. The van der Waals surface area contributed by atoms with Crippen LogP contribution in [0, 0.1) is 0 Å². The van der Waals surface area contributed by atoms with Crippen molar-refractivity contribution in [3.8, 4) is 0 Å². The van der Waals surface area contributed by atoms with Crippen LogP contribution in [-0.4, -0.2) is 14.6 Å². The maximum atomic E-state index is 12.0. The van der Waals surface area contributed by atoms with Gasteiger partial charge in [0.25, 0.3) is 5.56 Å². The number of hydrogen-bond donors (Lipinski definition) is 0. The molecule has 0 bridgehead atoms. The average Bonchev–Trinajstić information content (AvgIpc) is 2.72. The normalized spacial score (nSPS) is 11.4. The zero-order valence-electron chi connectivity index (χ0n) is 9.95. The van der Waals surface area contributed by atoms with E-state index in [9.17, 15) is 4.79 Å². The van der Waals surface area contributed by atoms with Gasteiger partial charge in [-0.1, -0.05) is 30.3 Å². The molecule has 0 atom stereocenters. The average molecular weight is 247 g/mol. The molecule has 0 aliphatic rings. The molecule has 2 aromatic carbocycles. The van der Waals surface area contributed by atoms with Crippen molar-refractivity contribution in [2.75, 3.05) is 0 Å². The summed E-state index contributed by atoms with van der Waals surface area (Å²) in [6, 6.07) is 13.7. The molecule has 4 nitrogen and oxygen atoms in total. The van der Waals surface area contributed by atoms with Crippen molar-refractivity contribution in [1.29, 1.82) is 0 Å². The molecule has 0 radical (unpaired) electrons. The highest BCUT2D eigenvalue weighted by molar-refractivity contribution is 6.10. The van der Waals surface area contributed by atoms with Gasteiger partial charge in [0.1, 0.15) is 11.0 Å². The first kappa shape index (κ1) is 10.2. The molecule has 4 heteroatoms. The minimum absolute atomic E-state index is 0.261. The second kappa shape index (κ2) is 3.62. The first-order valence-electron chi connectivity index (χ1n) is 6.00. The minimum atomic E-state index is -0.261. The molecule has 2 aromatic heterocycles. The largest absolute Gasteiger partial charge is 0.296 e. The van der Waals surface area contributed by atoms with E-state index >= 15 is 0 Å². The van der Waals surface area contributed by atoms with Crippen LogP contribution in [0.3, 0.4) is 0 Å². The quantitative estimate of drug-likeness (QED) is 0.479. The maximum Gasteiger partial charge on any atom is 0.296 e. The van der Waals surface area contributed by atoms with Crippen LogP contribution in [0.15, 0.2) is 59.7 Å². The molecule has 0 N–H and O–H groups in total. The van der Waals surface area contributed by atoms with Gasteiger partial charge in [-0.2, -0.15) is 5.10 Å². The molecule has 0 unspecified atom stereocenters. The number of fused-ring (bicyclic) bond motifs is 5. The van der Waals surface area contributed by atoms with Crippen LogP contribution in [0.25, 0.3) is 27.2 Å². The second-order valence-electron chi connectivity index (χ2n) is 4.40. The Hall–Kier alpha value is -2.75. The van der Waals surface area contributed by atoms with Gasteiger partial charge in [0.15, 0.2) is 0 Å². The molecular weight excluding hydrogens is 238 g/mol. The van der Waals surface area contributed by atoms with Crippen molar-refractivity contribution in [2.45, 2.75) is 0 Å². The molecule has 0 saturated carbocycles. The zero-order valence-corrected chi connectivity index (χ0v) is 9.95. The van der Waals surface area contributed by atoms with Crippen molar-refractivity contribution in [1.82, 2.24) is 14.6 Å². The summed E-state index contributed by atoms with van der Waals surface area (Å²) < 4.78 is 1.60. The molecule has 0 fully saturated rings. The monoisotopic (exact) mass is 247 g/mol. The fourth-order valence-corrected chi connectivity index (χ4v) is 2.45. The van der Waals surface area contributed by atoms with Crippen LogP contribution < -0.4 is 5.56 Å². The lowest BCUT2D eigenvalue weighted by atomic mass is 10.1.